The Labute approximate surface area is 470 Å². The number of nitrogens with one attached hydrogen (secondary N) is 5. The van der Waals surface area contributed by atoms with Crippen molar-refractivity contribution in [1.29, 1.82) is 0 Å². The van der Waals surface area contributed by atoms with Crippen molar-refractivity contribution < 1.29 is 91.8 Å². The maximum absolute atomic E-state index is 14.2. The molecule has 0 aromatic heterocycles. The van der Waals surface area contributed by atoms with Gasteiger partial charge >= 0.3 is 30.5 Å². The van der Waals surface area contributed by atoms with Gasteiger partial charge in [0.2, 0.25) is 12.2 Å². The quantitative estimate of drug-likeness (QED) is 0.100. The molecule has 12 atom stereocenters. The number of carbonyl (C=O) groups excluding carboxylic acids is 6. The summed E-state index contributed by atoms with van der Waals surface area (Å²) in [5.74, 6) is -1.30. The second-order valence-corrected chi connectivity index (χ2v) is 27.1. The van der Waals surface area contributed by atoms with Gasteiger partial charge in [0.1, 0.15) is 69.9 Å². The Balaban J connectivity index is 1.48. The van der Waals surface area contributed by atoms with E-state index in [9.17, 15) is 49.2 Å². The number of ether oxygens (including phenoxy) is 9. The fourth-order valence-electron chi connectivity index (χ4n) is 9.53. The summed E-state index contributed by atoms with van der Waals surface area (Å²) < 4.78 is 53.3. The standard InChI is InChI=1S/C54H93N7O19/c1-48(2,3)76-43(66)56-27-54(20-21-54)26-55-23-30-18-19-31(58-44(67)77-49(4,5)6)41(73-30)74-38-33(59-45(68)78-50(7,8)9)22-32(57-40(65)34(62)29-24-61(25-29)47(70)80-52(13,14)15)37(35(38)63)75-42-36(64)39(53(16,71)28-72-42)60(17)46(69)79-51(10,11)12/h18,29,31-39,41-42,55,62-64,71H,19-28H2,1-17H3,(H,56,66)(H,57,65)(H,58,67)(H,59,68)/t31-,32-,33+,34?,35-,36-,37+,38-,39-,41-,42-,53+/m1/s1. The summed E-state index contributed by atoms with van der Waals surface area (Å²) in [6.45, 7) is 27.2. The minimum absolute atomic E-state index is 0.0257. The molecule has 0 bridgehead atoms. The number of amides is 6. The van der Waals surface area contributed by atoms with E-state index in [0.29, 0.717) is 18.8 Å². The molecule has 0 radical (unpaired) electrons. The van der Waals surface area contributed by atoms with Crippen LogP contribution in [-0.4, -0.2) is 214 Å². The normalized spacial score (nSPS) is 29.5. The van der Waals surface area contributed by atoms with Gasteiger partial charge < -0.3 is 99.4 Å². The van der Waals surface area contributed by atoms with Crippen molar-refractivity contribution in [2.45, 2.75) is 237 Å². The van der Waals surface area contributed by atoms with Gasteiger partial charge in [-0.25, -0.2) is 24.0 Å². The maximum Gasteiger partial charge on any atom is 0.410 e. The average Bonchev–Trinajstić information content (AvgIpc) is 4.02. The lowest BCUT2D eigenvalue weighted by Gasteiger charge is -2.50. The Morgan fingerprint density at radius 1 is 0.700 bits per heavy atom. The number of hydrogen-bond acceptors (Lipinski definition) is 20. The highest BCUT2D eigenvalue weighted by atomic mass is 16.7. The van der Waals surface area contributed by atoms with Crippen LogP contribution in [-0.2, 0) is 47.4 Å². The molecule has 0 aromatic carbocycles. The summed E-state index contributed by atoms with van der Waals surface area (Å²) in [4.78, 5) is 82.4. The third-order valence-corrected chi connectivity index (χ3v) is 13.4. The van der Waals surface area contributed by atoms with E-state index in [1.54, 1.807) is 110 Å². The first-order valence-corrected chi connectivity index (χ1v) is 27.5. The number of rotatable bonds is 16. The van der Waals surface area contributed by atoms with Gasteiger partial charge in [0, 0.05) is 44.6 Å². The van der Waals surface area contributed by atoms with Crippen LogP contribution >= 0.6 is 0 Å². The number of likely N-dealkylation sites (N-methyl/N-ethyl adjacent to an activating group) is 1. The van der Waals surface area contributed by atoms with Crippen LogP contribution in [0.5, 0.6) is 0 Å². The minimum Gasteiger partial charge on any atom is -0.466 e. The fraction of sp³-hybridized carbons (Fsp3) is 0.852. The number of aliphatic hydroxyl groups excluding tert-OH is 3. The van der Waals surface area contributed by atoms with Crippen molar-refractivity contribution >= 4 is 36.4 Å². The molecule has 5 aliphatic rings. The molecule has 3 aliphatic heterocycles. The van der Waals surface area contributed by atoms with Crippen LogP contribution in [0.2, 0.25) is 0 Å². The molecule has 0 aromatic rings. The molecule has 458 valence electrons. The van der Waals surface area contributed by atoms with Gasteiger partial charge in [-0.1, -0.05) is 0 Å². The van der Waals surface area contributed by atoms with E-state index in [0.717, 1.165) is 17.7 Å². The summed E-state index contributed by atoms with van der Waals surface area (Å²) in [5.41, 5.74) is -6.47. The monoisotopic (exact) mass is 1140 g/mol. The van der Waals surface area contributed by atoms with Crippen molar-refractivity contribution in [3.05, 3.63) is 11.8 Å². The van der Waals surface area contributed by atoms with Crippen LogP contribution in [0.4, 0.5) is 24.0 Å². The Hall–Kier alpha value is -4.96. The van der Waals surface area contributed by atoms with Crippen molar-refractivity contribution in [3.8, 4) is 0 Å². The van der Waals surface area contributed by atoms with Gasteiger partial charge in [-0.2, -0.15) is 0 Å². The molecule has 80 heavy (non-hydrogen) atoms. The second kappa shape index (κ2) is 25.3. The molecular formula is C54H93N7O19. The highest BCUT2D eigenvalue weighted by Crippen LogP contribution is 2.44. The number of hydrogen-bond donors (Lipinski definition) is 9. The van der Waals surface area contributed by atoms with Gasteiger partial charge in [0.25, 0.3) is 0 Å². The summed E-state index contributed by atoms with van der Waals surface area (Å²) in [6, 6.07) is -5.04. The van der Waals surface area contributed by atoms with Gasteiger partial charge in [-0.3, -0.25) is 4.79 Å². The van der Waals surface area contributed by atoms with E-state index in [1.165, 1.54) is 18.9 Å². The lowest BCUT2D eigenvalue weighted by molar-refractivity contribution is -0.311. The number of nitrogens with zero attached hydrogens (tertiary/aromatic N) is 2. The zero-order valence-electron chi connectivity index (χ0n) is 49.9. The molecule has 2 aliphatic carbocycles. The number of alkyl carbamates (subject to hydrolysis) is 3. The van der Waals surface area contributed by atoms with E-state index < -0.39 is 150 Å². The Morgan fingerprint density at radius 3 is 1.73 bits per heavy atom. The van der Waals surface area contributed by atoms with Gasteiger partial charge in [-0.05, 0) is 143 Å². The number of likely N-dealkylation sites (tertiary alicyclic amines) is 1. The molecule has 2 saturated carbocycles. The van der Waals surface area contributed by atoms with Crippen LogP contribution in [0, 0.1) is 11.3 Å². The van der Waals surface area contributed by atoms with Crippen LogP contribution in [0.1, 0.15) is 136 Å². The predicted molar refractivity (Wildman–Crippen MR) is 286 cm³/mol. The molecule has 3 heterocycles. The third kappa shape index (κ3) is 19.6. The Kier molecular flexibility index (Phi) is 20.8. The summed E-state index contributed by atoms with van der Waals surface area (Å²) in [7, 11) is 1.32. The summed E-state index contributed by atoms with van der Waals surface area (Å²) >= 11 is 0. The topological polar surface area (TPSA) is 333 Å². The molecule has 0 spiro atoms. The molecule has 6 amide bonds. The zero-order chi connectivity index (χ0) is 60.3. The summed E-state index contributed by atoms with van der Waals surface area (Å²) in [5, 5.41) is 62.5. The highest BCUT2D eigenvalue weighted by Gasteiger charge is 2.56. The van der Waals surface area contributed by atoms with Crippen molar-refractivity contribution in [2.75, 3.05) is 46.4 Å². The van der Waals surface area contributed by atoms with Crippen LogP contribution in [0.25, 0.3) is 0 Å². The van der Waals surface area contributed by atoms with Gasteiger partial charge in [0.15, 0.2) is 6.29 Å². The molecule has 5 rings (SSSR count). The molecule has 26 nitrogen and oxygen atoms in total. The Morgan fingerprint density at radius 2 is 1.20 bits per heavy atom. The van der Waals surface area contributed by atoms with Crippen LogP contribution in [0.15, 0.2) is 11.8 Å². The smallest absolute Gasteiger partial charge is 0.410 e. The molecule has 26 heteroatoms. The summed E-state index contributed by atoms with van der Waals surface area (Å²) in [6.07, 6.45) is -12.4. The maximum atomic E-state index is 14.2. The van der Waals surface area contributed by atoms with Gasteiger partial charge in [-0.15, -0.1) is 0 Å². The zero-order valence-corrected chi connectivity index (χ0v) is 49.9. The molecule has 9 N–H and O–H groups in total. The number of carbonyl (C=O) groups is 6. The molecular weight excluding hydrogens is 1050 g/mol. The SMILES string of the molecule is CN(C(=O)OC(C)(C)C)[C@@H]1[C@@H](O)[C@@H](O[C@@H]2[C@@H](O)[C@H](O[C@H]3OC(CNCC4(CNC(=O)OC(C)(C)C)CC4)=CC[C@H]3NC(=O)OC(C)(C)C)[C@@H](NC(=O)OC(C)(C)C)C[C@H]2NC(=O)C(O)C2CN(C(=O)OC(C)(C)C)C2)OC[C@]1(C)O. The molecule has 4 fully saturated rings. The molecule has 1 unspecified atom stereocenters. The Bertz CT molecular complexity index is 2200. The van der Waals surface area contributed by atoms with E-state index in [2.05, 4.69) is 26.6 Å². The predicted octanol–water partition coefficient (Wildman–Crippen LogP) is 3.25. The van der Waals surface area contributed by atoms with Gasteiger partial charge in [0.05, 0.1) is 37.3 Å². The van der Waals surface area contributed by atoms with E-state index in [4.69, 9.17) is 42.6 Å². The lowest BCUT2D eigenvalue weighted by Crippen LogP contribution is -2.71. The first kappa shape index (κ1) is 65.8. The fourth-order valence-corrected chi connectivity index (χ4v) is 9.53. The first-order chi connectivity index (χ1) is 36.5. The molecule has 2 saturated heterocycles. The van der Waals surface area contributed by atoms with E-state index >= 15 is 0 Å². The lowest BCUT2D eigenvalue weighted by atomic mass is 9.82. The average molecular weight is 1140 g/mol. The van der Waals surface area contributed by atoms with E-state index in [1.807, 2.05) is 0 Å². The second-order valence-electron chi connectivity index (χ2n) is 27.1. The van der Waals surface area contributed by atoms with Crippen LogP contribution in [0.3, 0.4) is 0 Å². The van der Waals surface area contributed by atoms with Crippen molar-refractivity contribution in [1.82, 2.24) is 36.4 Å². The highest BCUT2D eigenvalue weighted by molar-refractivity contribution is 5.82. The number of aliphatic hydroxyl groups is 4. The largest absolute Gasteiger partial charge is 0.466 e. The minimum atomic E-state index is -1.91. The third-order valence-electron chi connectivity index (χ3n) is 13.4. The van der Waals surface area contributed by atoms with Crippen molar-refractivity contribution in [2.24, 2.45) is 11.3 Å². The van der Waals surface area contributed by atoms with Crippen molar-refractivity contribution in [3.63, 3.8) is 0 Å². The first-order valence-electron chi connectivity index (χ1n) is 27.5. The van der Waals surface area contributed by atoms with Crippen LogP contribution < -0.4 is 26.6 Å². The van der Waals surface area contributed by atoms with E-state index in [-0.39, 0.29) is 37.9 Å².